The predicted octanol–water partition coefficient (Wildman–Crippen LogP) is 5.16. The Hall–Kier alpha value is -2.46. The predicted molar refractivity (Wildman–Crippen MR) is 96.7 cm³/mol. The average molecular weight is 364 g/mol. The van der Waals surface area contributed by atoms with Crippen LogP contribution in [-0.2, 0) is 0 Å². The van der Waals surface area contributed by atoms with E-state index in [1.165, 1.54) is 5.56 Å². The van der Waals surface area contributed by atoms with Crippen molar-refractivity contribution in [1.82, 2.24) is 14.5 Å². The summed E-state index contributed by atoms with van der Waals surface area (Å²) in [4.78, 5) is 9.01. The first-order valence-electron chi connectivity index (χ1n) is 7.36. The van der Waals surface area contributed by atoms with E-state index in [-0.39, 0.29) is 0 Å². The van der Waals surface area contributed by atoms with Crippen LogP contribution in [0, 0.1) is 6.92 Å². The maximum absolute atomic E-state index is 4.84. The quantitative estimate of drug-likeness (QED) is 0.492. The average Bonchev–Trinajstić information content (AvgIpc) is 3.08. The van der Waals surface area contributed by atoms with Gasteiger partial charge in [-0.05, 0) is 31.2 Å². The van der Waals surface area contributed by atoms with Gasteiger partial charge in [0.05, 0.1) is 23.2 Å². The first-order chi connectivity index (χ1) is 11.2. The van der Waals surface area contributed by atoms with Gasteiger partial charge in [0, 0.05) is 27.8 Å². The molecule has 4 rings (SSSR count). The van der Waals surface area contributed by atoms with Crippen LogP contribution in [0.3, 0.4) is 0 Å². The molecule has 0 spiro atoms. The van der Waals surface area contributed by atoms with Gasteiger partial charge in [0.1, 0.15) is 0 Å². The van der Waals surface area contributed by atoms with Gasteiger partial charge in [-0.3, -0.25) is 0 Å². The second kappa shape index (κ2) is 5.63. The second-order valence-corrected chi connectivity index (χ2v) is 6.44. The zero-order valence-electron chi connectivity index (χ0n) is 12.6. The first kappa shape index (κ1) is 14.2. The van der Waals surface area contributed by atoms with Gasteiger partial charge in [0.15, 0.2) is 0 Å². The third-order valence-corrected chi connectivity index (χ3v) is 4.37. The molecule has 3 nitrogen and oxygen atoms in total. The minimum absolute atomic E-state index is 0.958. The molecule has 0 aliphatic rings. The van der Waals surface area contributed by atoms with Crippen LogP contribution in [0.25, 0.3) is 27.8 Å². The Balaban J connectivity index is 2.01. The maximum atomic E-state index is 4.84. The maximum Gasteiger partial charge on any atom is 0.0991 e. The Morgan fingerprint density at radius 2 is 1.83 bits per heavy atom. The van der Waals surface area contributed by atoms with Crippen LogP contribution in [0.1, 0.15) is 5.56 Å². The molecule has 0 aliphatic heterocycles. The molecule has 0 N–H and O–H groups in total. The van der Waals surface area contributed by atoms with Crippen molar-refractivity contribution in [3.63, 3.8) is 0 Å². The van der Waals surface area contributed by atoms with E-state index < -0.39 is 0 Å². The zero-order chi connectivity index (χ0) is 15.8. The third kappa shape index (κ3) is 2.66. The molecule has 0 saturated heterocycles. The van der Waals surface area contributed by atoms with Crippen molar-refractivity contribution >= 4 is 26.8 Å². The van der Waals surface area contributed by atoms with Gasteiger partial charge >= 0.3 is 0 Å². The van der Waals surface area contributed by atoms with Crippen LogP contribution < -0.4 is 0 Å². The largest absolute Gasteiger partial charge is 0.306 e. The van der Waals surface area contributed by atoms with E-state index in [2.05, 4.69) is 64.2 Å². The van der Waals surface area contributed by atoms with Crippen molar-refractivity contribution < 1.29 is 0 Å². The van der Waals surface area contributed by atoms with Crippen molar-refractivity contribution in [3.8, 4) is 16.9 Å². The highest BCUT2D eigenvalue weighted by Crippen LogP contribution is 2.29. The molecule has 23 heavy (non-hydrogen) atoms. The molecular weight excluding hydrogens is 350 g/mol. The molecule has 112 valence electrons. The normalized spacial score (nSPS) is 11.0. The monoisotopic (exact) mass is 363 g/mol. The molecule has 2 aromatic heterocycles. The Morgan fingerprint density at radius 3 is 2.57 bits per heavy atom. The van der Waals surface area contributed by atoms with Crippen LogP contribution in [0.4, 0.5) is 0 Å². The summed E-state index contributed by atoms with van der Waals surface area (Å²) in [5, 5.41) is 1.10. The molecule has 0 bridgehead atoms. The fourth-order valence-electron chi connectivity index (χ4n) is 2.67. The second-order valence-electron chi connectivity index (χ2n) is 5.52. The van der Waals surface area contributed by atoms with Gasteiger partial charge < -0.3 is 4.57 Å². The SMILES string of the molecule is Cc1ccc(-c2cc(-n3ccnc3)c3ccc(Br)cc3n2)cc1. The van der Waals surface area contributed by atoms with Crippen molar-refractivity contribution in [2.45, 2.75) is 6.92 Å². The van der Waals surface area contributed by atoms with Gasteiger partial charge in [0.2, 0.25) is 0 Å². The molecular formula is C19H14BrN3. The highest BCUT2D eigenvalue weighted by atomic mass is 79.9. The summed E-state index contributed by atoms with van der Waals surface area (Å²) in [6.07, 6.45) is 5.56. The molecule has 0 fully saturated rings. The molecule has 0 unspecified atom stereocenters. The topological polar surface area (TPSA) is 30.7 Å². The van der Waals surface area contributed by atoms with Gasteiger partial charge in [-0.2, -0.15) is 0 Å². The lowest BCUT2D eigenvalue weighted by molar-refractivity contribution is 1.06. The van der Waals surface area contributed by atoms with Crippen LogP contribution in [-0.4, -0.2) is 14.5 Å². The molecule has 0 atom stereocenters. The minimum atomic E-state index is 0.958. The Bertz CT molecular complexity index is 974. The highest BCUT2D eigenvalue weighted by molar-refractivity contribution is 9.10. The number of pyridine rings is 1. The summed E-state index contributed by atoms with van der Waals surface area (Å²) >= 11 is 3.54. The molecule has 0 amide bonds. The summed E-state index contributed by atoms with van der Waals surface area (Å²) in [5.41, 5.74) is 5.35. The number of rotatable bonds is 2. The molecule has 0 aliphatic carbocycles. The number of hydrogen-bond acceptors (Lipinski definition) is 2. The smallest absolute Gasteiger partial charge is 0.0991 e. The lowest BCUT2D eigenvalue weighted by Crippen LogP contribution is -1.96. The number of imidazole rings is 1. The summed E-state index contributed by atoms with van der Waals surface area (Å²) in [6.45, 7) is 2.09. The Morgan fingerprint density at radius 1 is 1.00 bits per heavy atom. The fourth-order valence-corrected chi connectivity index (χ4v) is 3.02. The van der Waals surface area contributed by atoms with Gasteiger partial charge in [-0.25, -0.2) is 9.97 Å². The minimum Gasteiger partial charge on any atom is -0.306 e. The number of fused-ring (bicyclic) bond motifs is 1. The van der Waals surface area contributed by atoms with E-state index in [4.69, 9.17) is 4.98 Å². The molecule has 0 radical (unpaired) electrons. The molecule has 0 saturated carbocycles. The summed E-state index contributed by atoms with van der Waals surface area (Å²) < 4.78 is 3.05. The van der Waals surface area contributed by atoms with E-state index in [0.29, 0.717) is 0 Å². The number of hydrogen-bond donors (Lipinski definition) is 0. The summed E-state index contributed by atoms with van der Waals surface area (Å²) in [5.74, 6) is 0. The third-order valence-electron chi connectivity index (χ3n) is 3.88. The van der Waals surface area contributed by atoms with Gasteiger partial charge in [0.25, 0.3) is 0 Å². The van der Waals surface area contributed by atoms with Crippen LogP contribution in [0.5, 0.6) is 0 Å². The number of aromatic nitrogens is 3. The Labute approximate surface area is 142 Å². The van der Waals surface area contributed by atoms with E-state index in [1.54, 1.807) is 6.20 Å². The van der Waals surface area contributed by atoms with Crippen LogP contribution in [0.2, 0.25) is 0 Å². The van der Waals surface area contributed by atoms with E-state index in [9.17, 15) is 0 Å². The van der Waals surface area contributed by atoms with Crippen LogP contribution in [0.15, 0.2) is 71.7 Å². The van der Waals surface area contributed by atoms with Crippen molar-refractivity contribution in [2.75, 3.05) is 0 Å². The first-order valence-corrected chi connectivity index (χ1v) is 8.16. The molecule has 4 heteroatoms. The summed E-state index contributed by atoms with van der Waals surface area (Å²) in [7, 11) is 0. The van der Waals surface area contributed by atoms with Crippen molar-refractivity contribution in [1.29, 1.82) is 0 Å². The fraction of sp³-hybridized carbons (Fsp3) is 0.0526. The van der Waals surface area contributed by atoms with Crippen LogP contribution >= 0.6 is 15.9 Å². The van der Waals surface area contributed by atoms with Gasteiger partial charge in [-0.1, -0.05) is 45.8 Å². The number of halogens is 1. The van der Waals surface area contributed by atoms with E-state index in [0.717, 1.165) is 32.3 Å². The number of benzene rings is 2. The lowest BCUT2D eigenvalue weighted by atomic mass is 10.1. The van der Waals surface area contributed by atoms with E-state index >= 15 is 0 Å². The lowest BCUT2D eigenvalue weighted by Gasteiger charge is -2.11. The molecule has 4 aromatic rings. The van der Waals surface area contributed by atoms with Crippen molar-refractivity contribution in [3.05, 3.63) is 77.3 Å². The van der Waals surface area contributed by atoms with Gasteiger partial charge in [-0.15, -0.1) is 0 Å². The zero-order valence-corrected chi connectivity index (χ0v) is 14.2. The standard InChI is InChI=1S/C19H14BrN3/c1-13-2-4-14(5-3-13)17-11-19(23-9-8-21-12-23)16-7-6-15(20)10-18(16)22-17/h2-12H,1H3. The summed E-state index contributed by atoms with van der Waals surface area (Å²) in [6, 6.07) is 16.7. The molecule has 2 aromatic carbocycles. The highest BCUT2D eigenvalue weighted by Gasteiger charge is 2.09. The van der Waals surface area contributed by atoms with E-state index in [1.807, 2.05) is 29.2 Å². The Kier molecular flexibility index (Phi) is 3.46. The number of aryl methyl sites for hydroxylation is 1. The molecule has 2 heterocycles. The van der Waals surface area contributed by atoms with Crippen molar-refractivity contribution in [2.24, 2.45) is 0 Å². The number of nitrogens with zero attached hydrogens (tertiary/aromatic N) is 3.